The van der Waals surface area contributed by atoms with Crippen LogP contribution in [0, 0.1) is 0 Å². The van der Waals surface area contributed by atoms with Crippen LogP contribution < -0.4 is 5.32 Å². The highest BCUT2D eigenvalue weighted by Crippen LogP contribution is 2.25. The first-order valence-electron chi connectivity index (χ1n) is 10.4. The third-order valence-corrected chi connectivity index (χ3v) is 5.14. The van der Waals surface area contributed by atoms with Gasteiger partial charge >= 0.3 is 18.0 Å². The van der Waals surface area contributed by atoms with Gasteiger partial charge in [0.1, 0.15) is 5.60 Å². The number of ether oxygens (including phenoxy) is 1. The van der Waals surface area contributed by atoms with Crippen molar-refractivity contribution in [3.63, 3.8) is 0 Å². The highest BCUT2D eigenvalue weighted by atomic mass is 16.6. The molecule has 1 saturated heterocycles. The van der Waals surface area contributed by atoms with Gasteiger partial charge in [0.05, 0.1) is 23.4 Å². The van der Waals surface area contributed by atoms with E-state index in [2.05, 4.69) is 10.4 Å². The smallest absolute Gasteiger partial charge is 0.410 e. The summed E-state index contributed by atoms with van der Waals surface area (Å²) in [5.74, 6) is -2.60. The number of hydrogen-bond acceptors (Lipinski definition) is 6. The lowest BCUT2D eigenvalue weighted by Gasteiger charge is -2.33. The third-order valence-electron chi connectivity index (χ3n) is 5.14. The molecule has 10 nitrogen and oxygen atoms in total. The van der Waals surface area contributed by atoms with Crippen LogP contribution in [0.5, 0.6) is 0 Å². The predicted molar refractivity (Wildman–Crippen MR) is 116 cm³/mol. The standard InChI is InChI=1S/C22H28N4O6/c1-22(2,3)32-21(31)25-9-7-15(8-10-25)26-13-14(12-24-26)11-23-17-6-4-5-16(19(27)28)18(17)20(29)30/h4-6,12-13,15,23H,7-11H2,1-3H3,(H,27,28)(H,29,30). The van der Waals surface area contributed by atoms with Crippen LogP contribution in [-0.2, 0) is 11.3 Å². The summed E-state index contributed by atoms with van der Waals surface area (Å²) in [6, 6.07) is 4.44. The summed E-state index contributed by atoms with van der Waals surface area (Å²) >= 11 is 0. The molecule has 0 saturated carbocycles. The zero-order chi connectivity index (χ0) is 23.5. The van der Waals surface area contributed by atoms with Crippen molar-refractivity contribution in [2.45, 2.75) is 51.8 Å². The number of carbonyl (C=O) groups is 3. The number of anilines is 1. The fourth-order valence-corrected chi connectivity index (χ4v) is 3.61. The summed E-state index contributed by atoms with van der Waals surface area (Å²) in [6.45, 7) is 6.98. The van der Waals surface area contributed by atoms with Gasteiger partial charge in [-0.2, -0.15) is 5.10 Å². The molecule has 1 aromatic heterocycles. The largest absolute Gasteiger partial charge is 0.478 e. The molecule has 0 unspecified atom stereocenters. The molecule has 1 fully saturated rings. The molecule has 3 rings (SSSR count). The molecule has 1 amide bonds. The van der Waals surface area contributed by atoms with E-state index < -0.39 is 17.5 Å². The molecule has 0 radical (unpaired) electrons. The maximum absolute atomic E-state index is 12.2. The summed E-state index contributed by atoms with van der Waals surface area (Å²) in [5.41, 5.74) is -0.00762. The SMILES string of the molecule is CC(C)(C)OC(=O)N1CCC(n2cc(CNc3cccc(C(=O)O)c3C(=O)O)cn2)CC1. The van der Waals surface area contributed by atoms with Crippen LogP contribution in [0.25, 0.3) is 0 Å². The van der Waals surface area contributed by atoms with E-state index in [4.69, 9.17) is 4.74 Å². The van der Waals surface area contributed by atoms with Gasteiger partial charge < -0.3 is 25.2 Å². The first kappa shape index (κ1) is 23.1. The molecule has 1 aliphatic heterocycles. The number of nitrogens with zero attached hydrogens (tertiary/aromatic N) is 3. The van der Waals surface area contributed by atoms with E-state index in [0.29, 0.717) is 19.6 Å². The van der Waals surface area contributed by atoms with Gasteiger partial charge in [-0.15, -0.1) is 0 Å². The molecule has 0 bridgehead atoms. The topological polar surface area (TPSA) is 134 Å². The fraction of sp³-hybridized carbons (Fsp3) is 0.455. The lowest BCUT2D eigenvalue weighted by atomic mass is 10.1. The number of aromatic nitrogens is 2. The Labute approximate surface area is 185 Å². The Kier molecular flexibility index (Phi) is 6.71. The normalized spacial score (nSPS) is 14.8. The van der Waals surface area contributed by atoms with Crippen molar-refractivity contribution in [2.24, 2.45) is 0 Å². The zero-order valence-electron chi connectivity index (χ0n) is 18.4. The van der Waals surface area contributed by atoms with Gasteiger partial charge in [-0.1, -0.05) is 6.07 Å². The second kappa shape index (κ2) is 9.29. The van der Waals surface area contributed by atoms with Crippen molar-refractivity contribution in [3.05, 3.63) is 47.3 Å². The summed E-state index contributed by atoms with van der Waals surface area (Å²) in [7, 11) is 0. The number of carbonyl (C=O) groups excluding carboxylic acids is 1. The van der Waals surface area contributed by atoms with E-state index >= 15 is 0 Å². The molecule has 0 atom stereocenters. The number of rotatable bonds is 6. The highest BCUT2D eigenvalue weighted by Gasteiger charge is 2.28. The number of hydrogen-bond donors (Lipinski definition) is 3. The van der Waals surface area contributed by atoms with Crippen LogP contribution in [0.3, 0.4) is 0 Å². The number of aromatic carboxylic acids is 2. The Morgan fingerprint density at radius 1 is 1.16 bits per heavy atom. The summed E-state index contributed by atoms with van der Waals surface area (Å²) in [6.07, 6.45) is 4.76. The van der Waals surface area contributed by atoms with E-state index in [9.17, 15) is 24.6 Å². The van der Waals surface area contributed by atoms with Gasteiger partial charge in [0.25, 0.3) is 0 Å². The van der Waals surface area contributed by atoms with Crippen LogP contribution >= 0.6 is 0 Å². The van der Waals surface area contributed by atoms with E-state index in [1.54, 1.807) is 11.1 Å². The number of carboxylic acids is 2. The van der Waals surface area contributed by atoms with E-state index in [1.807, 2.05) is 31.6 Å². The van der Waals surface area contributed by atoms with Gasteiger partial charge in [-0.25, -0.2) is 14.4 Å². The molecule has 32 heavy (non-hydrogen) atoms. The van der Waals surface area contributed by atoms with Crippen LogP contribution in [0.1, 0.15) is 65.9 Å². The molecule has 1 aliphatic rings. The lowest BCUT2D eigenvalue weighted by Crippen LogP contribution is -2.42. The van der Waals surface area contributed by atoms with Gasteiger partial charge in [0.2, 0.25) is 0 Å². The minimum absolute atomic E-state index is 0.146. The summed E-state index contributed by atoms with van der Waals surface area (Å²) < 4.78 is 7.28. The second-order valence-corrected chi connectivity index (χ2v) is 8.72. The quantitative estimate of drug-likeness (QED) is 0.617. The highest BCUT2D eigenvalue weighted by molar-refractivity contribution is 6.05. The lowest BCUT2D eigenvalue weighted by molar-refractivity contribution is 0.0184. The van der Waals surface area contributed by atoms with E-state index in [1.165, 1.54) is 18.2 Å². The molecular weight excluding hydrogens is 416 g/mol. The van der Waals surface area contributed by atoms with Gasteiger partial charge in [-0.05, 0) is 45.7 Å². The van der Waals surface area contributed by atoms with Crippen molar-refractivity contribution in [1.29, 1.82) is 0 Å². The Hall–Kier alpha value is -3.56. The fourth-order valence-electron chi connectivity index (χ4n) is 3.61. The maximum atomic E-state index is 12.2. The number of benzene rings is 1. The number of likely N-dealkylation sites (tertiary alicyclic amines) is 1. The van der Waals surface area contributed by atoms with Crippen molar-refractivity contribution in [3.8, 4) is 0 Å². The van der Waals surface area contributed by atoms with Gasteiger partial charge in [0.15, 0.2) is 0 Å². The zero-order valence-corrected chi connectivity index (χ0v) is 18.4. The predicted octanol–water partition coefficient (Wildman–Crippen LogP) is 3.46. The van der Waals surface area contributed by atoms with Crippen molar-refractivity contribution >= 4 is 23.7 Å². The Bertz CT molecular complexity index is 1000. The second-order valence-electron chi connectivity index (χ2n) is 8.72. The monoisotopic (exact) mass is 444 g/mol. The van der Waals surface area contributed by atoms with E-state index in [0.717, 1.165) is 18.4 Å². The Balaban J connectivity index is 1.60. The Morgan fingerprint density at radius 3 is 2.44 bits per heavy atom. The molecular formula is C22H28N4O6. The number of nitrogens with one attached hydrogen (secondary N) is 1. The molecule has 1 aromatic carbocycles. The van der Waals surface area contributed by atoms with Crippen LogP contribution in [0.15, 0.2) is 30.6 Å². The molecule has 172 valence electrons. The van der Waals surface area contributed by atoms with Gasteiger partial charge in [-0.3, -0.25) is 4.68 Å². The van der Waals surface area contributed by atoms with Gasteiger partial charge in [0, 0.05) is 37.1 Å². The van der Waals surface area contributed by atoms with Crippen LogP contribution in [0.4, 0.5) is 10.5 Å². The Morgan fingerprint density at radius 2 is 1.84 bits per heavy atom. The number of amides is 1. The molecule has 0 aliphatic carbocycles. The minimum atomic E-state index is -1.31. The number of carboxylic acid groups (broad SMARTS) is 2. The number of piperidine rings is 1. The third kappa shape index (κ3) is 5.57. The molecule has 0 spiro atoms. The van der Waals surface area contributed by atoms with Crippen molar-refractivity contribution in [1.82, 2.24) is 14.7 Å². The van der Waals surface area contributed by atoms with Crippen LogP contribution in [-0.4, -0.2) is 61.6 Å². The van der Waals surface area contributed by atoms with Crippen LogP contribution in [0.2, 0.25) is 0 Å². The average Bonchev–Trinajstić information content (AvgIpc) is 3.19. The molecule has 2 aromatic rings. The summed E-state index contributed by atoms with van der Waals surface area (Å²) in [5, 5.41) is 26.1. The first-order chi connectivity index (χ1) is 15.0. The van der Waals surface area contributed by atoms with Crippen molar-refractivity contribution in [2.75, 3.05) is 18.4 Å². The minimum Gasteiger partial charge on any atom is -0.478 e. The molecule has 10 heteroatoms. The summed E-state index contributed by atoms with van der Waals surface area (Å²) in [4.78, 5) is 36.8. The average molecular weight is 444 g/mol. The molecule has 3 N–H and O–H groups in total. The molecule has 2 heterocycles. The first-order valence-corrected chi connectivity index (χ1v) is 10.4. The maximum Gasteiger partial charge on any atom is 0.410 e. The van der Waals surface area contributed by atoms with E-state index in [-0.39, 0.29) is 28.9 Å². The van der Waals surface area contributed by atoms with Crippen molar-refractivity contribution < 1.29 is 29.3 Å².